The number of nitrogens with zero attached hydrogens (tertiary/aromatic N) is 3. The fraction of sp³-hybridized carbons (Fsp3) is 0.320. The molecule has 2 aromatic carbocycles. The number of methoxy groups -OCH3 is 2. The van der Waals surface area contributed by atoms with E-state index in [0.717, 1.165) is 35.2 Å². The van der Waals surface area contributed by atoms with Crippen molar-refractivity contribution in [2.24, 2.45) is 0 Å². The number of unbranched alkanes of at least 4 members (excludes halogenated alkanes) is 1. The lowest BCUT2D eigenvalue weighted by Crippen LogP contribution is -2.46. The van der Waals surface area contributed by atoms with Gasteiger partial charge < -0.3 is 19.3 Å². The molecule has 0 saturated heterocycles. The zero-order valence-corrected chi connectivity index (χ0v) is 20.3. The third-order valence-electron chi connectivity index (χ3n) is 5.83. The molecule has 0 aliphatic carbocycles. The zero-order chi connectivity index (χ0) is 24.2. The highest BCUT2D eigenvalue weighted by atomic mass is 35.5. The second-order valence-corrected chi connectivity index (χ2v) is 8.37. The highest BCUT2D eigenvalue weighted by Gasteiger charge is 2.36. The largest absolute Gasteiger partial charge is 0.493 e. The Balaban J connectivity index is 1.81. The van der Waals surface area contributed by atoms with Crippen molar-refractivity contribution < 1.29 is 18.8 Å². The van der Waals surface area contributed by atoms with Crippen LogP contribution >= 0.6 is 11.6 Å². The molecule has 9 heteroatoms. The number of hydrogen-bond acceptors (Lipinski definition) is 6. The number of amides is 2. The van der Waals surface area contributed by atoms with Crippen molar-refractivity contribution in [3.05, 3.63) is 64.6 Å². The summed E-state index contributed by atoms with van der Waals surface area (Å²) < 4.78 is 16.6. The number of nitrogens with one attached hydrogen (secondary N) is 1. The lowest BCUT2D eigenvalue weighted by atomic mass is 9.94. The normalized spacial score (nSPS) is 16.0. The molecule has 0 saturated carbocycles. The van der Waals surface area contributed by atoms with Gasteiger partial charge >= 0.3 is 6.03 Å². The van der Waals surface area contributed by atoms with Gasteiger partial charge in [0, 0.05) is 22.8 Å². The fourth-order valence-electron chi connectivity index (χ4n) is 3.98. The Bertz CT molecular complexity index is 1210. The van der Waals surface area contributed by atoms with Gasteiger partial charge in [-0.15, -0.1) is 0 Å². The molecule has 2 amide bonds. The van der Waals surface area contributed by atoms with E-state index < -0.39 is 6.04 Å². The van der Waals surface area contributed by atoms with Crippen LogP contribution < -0.4 is 14.8 Å². The van der Waals surface area contributed by atoms with Crippen LogP contribution in [0, 0.1) is 0 Å². The Morgan fingerprint density at radius 2 is 1.85 bits per heavy atom. The number of carbonyl (C=O) groups excluding carboxylic acids is 1. The number of hydrogen-bond donors (Lipinski definition) is 1. The zero-order valence-electron chi connectivity index (χ0n) is 19.6. The quantitative estimate of drug-likeness (QED) is 0.442. The minimum atomic E-state index is -0.510. The predicted octanol–water partition coefficient (Wildman–Crippen LogP) is 5.70. The monoisotopic (exact) mass is 482 g/mol. The maximum atomic E-state index is 13.1. The molecule has 1 N–H and O–H groups in total. The molecule has 1 aliphatic rings. The summed E-state index contributed by atoms with van der Waals surface area (Å²) in [7, 11) is 3.16. The number of benzene rings is 2. The molecule has 2 heterocycles. The first-order valence-corrected chi connectivity index (χ1v) is 11.4. The van der Waals surface area contributed by atoms with Gasteiger partial charge in [-0.05, 0) is 55.3 Å². The molecular formula is C25H27ClN4O4. The first-order chi connectivity index (χ1) is 16.5. The van der Waals surface area contributed by atoms with Gasteiger partial charge in [-0.1, -0.05) is 36.2 Å². The summed E-state index contributed by atoms with van der Waals surface area (Å²) in [6.07, 6.45) is 1.84. The number of rotatable bonds is 8. The lowest BCUT2D eigenvalue weighted by molar-refractivity contribution is 0.204. The molecule has 0 fully saturated rings. The van der Waals surface area contributed by atoms with Gasteiger partial charge in [0.15, 0.2) is 11.5 Å². The standard InChI is InChI=1S/C25H27ClN4O4/c1-5-6-13-30-15(2)21(24-28-23(29-34-24)16-7-10-18(26)11-8-16)22(27-25(30)31)17-9-12-19(32-3)20(14-17)33-4/h7-12,14,22H,5-6,13H2,1-4H3,(H,27,31). The van der Waals surface area contributed by atoms with Gasteiger partial charge in [0.05, 0.1) is 25.8 Å². The number of carbonyl (C=O) groups is 1. The molecule has 1 unspecified atom stereocenters. The smallest absolute Gasteiger partial charge is 0.322 e. The molecule has 1 aromatic heterocycles. The van der Waals surface area contributed by atoms with Crippen LogP contribution in [0.2, 0.25) is 5.02 Å². The van der Waals surface area contributed by atoms with Crippen molar-refractivity contribution in [2.45, 2.75) is 32.7 Å². The Kier molecular flexibility index (Phi) is 7.07. The number of halogens is 1. The van der Waals surface area contributed by atoms with Gasteiger partial charge in [-0.2, -0.15) is 4.98 Å². The topological polar surface area (TPSA) is 89.7 Å². The summed E-state index contributed by atoms with van der Waals surface area (Å²) in [5, 5.41) is 7.91. The molecule has 1 aliphatic heterocycles. The van der Waals surface area contributed by atoms with Crippen LogP contribution in [0.25, 0.3) is 17.0 Å². The SMILES string of the molecule is CCCCN1C(=O)NC(c2ccc(OC)c(OC)c2)C(c2nc(-c3ccc(Cl)cc3)no2)=C1C. The van der Waals surface area contributed by atoms with Crippen LogP contribution in [0.5, 0.6) is 11.5 Å². The van der Waals surface area contributed by atoms with Crippen molar-refractivity contribution in [3.8, 4) is 22.9 Å². The third kappa shape index (κ3) is 4.59. The Labute approximate surface area is 203 Å². The minimum Gasteiger partial charge on any atom is -0.493 e. The van der Waals surface area contributed by atoms with E-state index in [2.05, 4.69) is 22.4 Å². The van der Waals surface area contributed by atoms with E-state index in [1.54, 1.807) is 31.3 Å². The number of urea groups is 1. The molecule has 0 radical (unpaired) electrons. The number of ether oxygens (including phenoxy) is 2. The van der Waals surface area contributed by atoms with Crippen LogP contribution in [-0.2, 0) is 0 Å². The van der Waals surface area contributed by atoms with E-state index in [1.807, 2.05) is 37.3 Å². The Morgan fingerprint density at radius 1 is 1.12 bits per heavy atom. The molecule has 0 bridgehead atoms. The highest BCUT2D eigenvalue weighted by Crippen LogP contribution is 2.40. The Morgan fingerprint density at radius 3 is 2.53 bits per heavy atom. The summed E-state index contributed by atoms with van der Waals surface area (Å²) in [4.78, 5) is 19.4. The minimum absolute atomic E-state index is 0.174. The molecule has 1 atom stereocenters. The number of allylic oxidation sites excluding steroid dienone is 1. The van der Waals surface area contributed by atoms with Crippen molar-refractivity contribution in [1.82, 2.24) is 20.4 Å². The first kappa shape index (κ1) is 23.6. The van der Waals surface area contributed by atoms with E-state index in [0.29, 0.717) is 34.8 Å². The molecule has 178 valence electrons. The maximum absolute atomic E-state index is 13.1. The molecular weight excluding hydrogens is 456 g/mol. The van der Waals surface area contributed by atoms with Gasteiger partial charge in [-0.3, -0.25) is 4.90 Å². The summed E-state index contributed by atoms with van der Waals surface area (Å²) in [5.74, 6) is 1.94. The first-order valence-electron chi connectivity index (χ1n) is 11.1. The van der Waals surface area contributed by atoms with Gasteiger partial charge in [0.2, 0.25) is 5.82 Å². The van der Waals surface area contributed by atoms with E-state index in [1.165, 1.54) is 0 Å². The average Bonchev–Trinajstić information content (AvgIpc) is 3.33. The van der Waals surface area contributed by atoms with Crippen LogP contribution in [0.4, 0.5) is 4.79 Å². The third-order valence-corrected chi connectivity index (χ3v) is 6.08. The second-order valence-electron chi connectivity index (χ2n) is 7.93. The van der Waals surface area contributed by atoms with E-state index in [9.17, 15) is 4.79 Å². The molecule has 3 aromatic rings. The van der Waals surface area contributed by atoms with E-state index >= 15 is 0 Å². The van der Waals surface area contributed by atoms with Gasteiger partial charge in [0.25, 0.3) is 5.89 Å². The van der Waals surface area contributed by atoms with Crippen molar-refractivity contribution in [2.75, 3.05) is 20.8 Å². The fourth-order valence-corrected chi connectivity index (χ4v) is 4.10. The predicted molar refractivity (Wildman–Crippen MR) is 130 cm³/mol. The van der Waals surface area contributed by atoms with Crippen molar-refractivity contribution in [1.29, 1.82) is 0 Å². The van der Waals surface area contributed by atoms with Crippen LogP contribution in [0.15, 0.2) is 52.7 Å². The van der Waals surface area contributed by atoms with E-state index in [-0.39, 0.29) is 6.03 Å². The summed E-state index contributed by atoms with van der Waals surface area (Å²) in [6.45, 7) is 4.59. The molecule has 34 heavy (non-hydrogen) atoms. The summed E-state index contributed by atoms with van der Waals surface area (Å²) in [6, 6.07) is 12.1. The van der Waals surface area contributed by atoms with Gasteiger partial charge in [0.1, 0.15) is 0 Å². The van der Waals surface area contributed by atoms with E-state index in [4.69, 9.17) is 25.6 Å². The van der Waals surface area contributed by atoms with Gasteiger partial charge in [-0.25, -0.2) is 4.79 Å². The maximum Gasteiger partial charge on any atom is 0.322 e. The van der Waals surface area contributed by atoms with Crippen LogP contribution in [-0.4, -0.2) is 41.8 Å². The number of aromatic nitrogens is 2. The van der Waals surface area contributed by atoms with Crippen molar-refractivity contribution >= 4 is 23.2 Å². The Hall–Kier alpha value is -3.52. The van der Waals surface area contributed by atoms with Crippen LogP contribution in [0.1, 0.15) is 44.2 Å². The molecule has 4 rings (SSSR count). The highest BCUT2D eigenvalue weighted by molar-refractivity contribution is 6.30. The summed E-state index contributed by atoms with van der Waals surface area (Å²) >= 11 is 6.01. The summed E-state index contributed by atoms with van der Waals surface area (Å²) in [5.41, 5.74) is 3.09. The van der Waals surface area contributed by atoms with Crippen LogP contribution in [0.3, 0.4) is 0 Å². The lowest BCUT2D eigenvalue weighted by Gasteiger charge is -2.35. The molecule has 8 nitrogen and oxygen atoms in total. The van der Waals surface area contributed by atoms with Crippen molar-refractivity contribution in [3.63, 3.8) is 0 Å². The average molecular weight is 483 g/mol. The molecule has 0 spiro atoms. The second kappa shape index (κ2) is 10.2.